The minimum absolute atomic E-state index is 0. The molecule has 1 N–H and O–H groups in total. The summed E-state index contributed by atoms with van der Waals surface area (Å²) in [6, 6.07) is -1.08. The summed E-state index contributed by atoms with van der Waals surface area (Å²) in [5.74, 6) is -3.78. The molecule has 0 saturated carbocycles. The number of amides is 1. The standard InChI is InChI=1S/C15H13F3N4O6S3.2Na/c16-15(17,18)2-7(29)19-9-11(25)22-10(13(26)27)5(3-30-12(9)22)4-31-14-21-20-6(28-14)1-8(23)24;;/h9,12H,1-4H2,(H,19,29)(H,23,24)(H,26,27);;/q;2*+1/p-2/t9?,12-;;/m1../s1. The number of carbonyl (C=O) groups excluding carboxylic acids is 3. The minimum atomic E-state index is -4.54. The van der Waals surface area contributed by atoms with Gasteiger partial charge in [0.25, 0.3) is 11.1 Å². The number of thiocarbonyl (C=S) groups is 1. The number of hydrogen-bond donors (Lipinski definition) is 1. The first-order valence-corrected chi connectivity index (χ1v) is 10.8. The van der Waals surface area contributed by atoms with E-state index >= 15 is 0 Å². The molecule has 168 valence electrons. The zero-order chi connectivity index (χ0) is 22.9. The summed E-state index contributed by atoms with van der Waals surface area (Å²) in [5, 5.41) is 30.9. The molecule has 2 aliphatic rings. The number of carboxylic acids is 2. The maximum atomic E-state index is 12.4. The molecule has 1 aromatic heterocycles. The molecule has 0 aromatic carbocycles. The van der Waals surface area contributed by atoms with Crippen molar-refractivity contribution < 1.29 is 101 Å². The average molecular weight is 542 g/mol. The molecule has 1 fully saturated rings. The van der Waals surface area contributed by atoms with Crippen LogP contribution in [0.1, 0.15) is 12.3 Å². The Morgan fingerprint density at radius 3 is 2.55 bits per heavy atom. The molecule has 10 nitrogen and oxygen atoms in total. The largest absolute Gasteiger partial charge is 1.00 e. The van der Waals surface area contributed by atoms with Gasteiger partial charge in [0.15, 0.2) is 0 Å². The number of halogens is 3. The zero-order valence-electron chi connectivity index (χ0n) is 17.1. The SMILES string of the molecule is O=C([O-])Cc1nnc(SCC2=C(C(=O)[O-])N3C(=O)C(NC(=S)CC(F)(F)F)[C@H]3SC2)o1.[Na+].[Na+]. The molecular weight excluding hydrogens is 531 g/mol. The van der Waals surface area contributed by atoms with Crippen molar-refractivity contribution >= 4 is 58.6 Å². The van der Waals surface area contributed by atoms with Crippen LogP contribution in [0.25, 0.3) is 0 Å². The van der Waals surface area contributed by atoms with Gasteiger partial charge in [-0.25, -0.2) is 0 Å². The number of carboxylic acid groups (broad SMARTS) is 2. The van der Waals surface area contributed by atoms with Crippen LogP contribution in [0.5, 0.6) is 0 Å². The van der Waals surface area contributed by atoms with Gasteiger partial charge in [0.05, 0.1) is 35.5 Å². The number of thioether (sulfide) groups is 2. The molecule has 1 aromatic rings. The number of aliphatic carboxylic acids is 2. The molecule has 3 rings (SSSR count). The van der Waals surface area contributed by atoms with E-state index in [9.17, 15) is 37.8 Å². The zero-order valence-corrected chi connectivity index (χ0v) is 23.6. The van der Waals surface area contributed by atoms with Crippen LogP contribution in [-0.2, 0) is 20.8 Å². The summed E-state index contributed by atoms with van der Waals surface area (Å²) in [4.78, 5) is 35.0. The van der Waals surface area contributed by atoms with Gasteiger partial charge in [-0.15, -0.1) is 22.0 Å². The Morgan fingerprint density at radius 1 is 1.30 bits per heavy atom. The van der Waals surface area contributed by atoms with Crippen molar-refractivity contribution in [2.45, 2.75) is 35.7 Å². The topological polar surface area (TPSA) is 152 Å². The number of nitrogens with one attached hydrogen (secondary N) is 1. The third-order valence-electron chi connectivity index (χ3n) is 4.03. The summed E-state index contributed by atoms with van der Waals surface area (Å²) in [7, 11) is 0. The van der Waals surface area contributed by atoms with Crippen LogP contribution in [0.2, 0.25) is 0 Å². The van der Waals surface area contributed by atoms with E-state index in [0.29, 0.717) is 5.57 Å². The quantitative estimate of drug-likeness (QED) is 0.144. The van der Waals surface area contributed by atoms with Gasteiger partial charge in [-0.3, -0.25) is 9.69 Å². The van der Waals surface area contributed by atoms with Crippen LogP contribution in [0.3, 0.4) is 0 Å². The molecule has 0 aliphatic carbocycles. The third-order valence-corrected chi connectivity index (χ3v) is 6.54. The smallest absolute Gasteiger partial charge is 0.550 e. The van der Waals surface area contributed by atoms with E-state index in [1.807, 2.05) is 0 Å². The number of rotatable bonds is 8. The molecule has 3 heterocycles. The summed E-state index contributed by atoms with van der Waals surface area (Å²) in [6.45, 7) is 0. The summed E-state index contributed by atoms with van der Waals surface area (Å²) >= 11 is 6.71. The van der Waals surface area contributed by atoms with E-state index < -0.39 is 53.3 Å². The molecule has 1 unspecified atom stereocenters. The molecule has 18 heteroatoms. The Balaban J connectivity index is 0.00000272. The minimum Gasteiger partial charge on any atom is -0.550 e. The second-order valence-corrected chi connectivity index (χ2v) is 8.81. The number of carbonyl (C=O) groups is 3. The molecule has 0 radical (unpaired) electrons. The van der Waals surface area contributed by atoms with Gasteiger partial charge in [0.1, 0.15) is 11.4 Å². The van der Waals surface area contributed by atoms with Crippen LogP contribution in [0, 0.1) is 0 Å². The van der Waals surface area contributed by atoms with Crippen molar-refractivity contribution in [3.8, 4) is 0 Å². The molecule has 2 atom stereocenters. The first-order chi connectivity index (χ1) is 14.5. The van der Waals surface area contributed by atoms with Gasteiger partial charge >= 0.3 is 65.3 Å². The molecule has 0 bridgehead atoms. The van der Waals surface area contributed by atoms with Gasteiger partial charge in [0.2, 0.25) is 5.89 Å². The number of alkyl halides is 3. The van der Waals surface area contributed by atoms with E-state index in [4.69, 9.17) is 4.42 Å². The fourth-order valence-electron chi connectivity index (χ4n) is 2.83. The maximum absolute atomic E-state index is 12.4. The van der Waals surface area contributed by atoms with E-state index in [0.717, 1.165) is 28.4 Å². The predicted molar refractivity (Wildman–Crippen MR) is 99.1 cm³/mol. The van der Waals surface area contributed by atoms with Crippen molar-refractivity contribution in [3.63, 3.8) is 0 Å². The number of nitrogens with zero attached hydrogens (tertiary/aromatic N) is 3. The summed E-state index contributed by atoms with van der Waals surface area (Å²) in [6.07, 6.45) is -6.50. The molecule has 1 amide bonds. The molecule has 0 spiro atoms. The van der Waals surface area contributed by atoms with Crippen molar-refractivity contribution in [3.05, 3.63) is 17.2 Å². The fraction of sp³-hybridized carbons (Fsp3) is 0.467. The van der Waals surface area contributed by atoms with Crippen molar-refractivity contribution in [2.75, 3.05) is 11.5 Å². The maximum Gasteiger partial charge on any atom is 1.00 e. The van der Waals surface area contributed by atoms with Crippen molar-refractivity contribution in [1.29, 1.82) is 0 Å². The Bertz CT molecular complexity index is 977. The molecule has 2 aliphatic heterocycles. The average Bonchev–Trinajstić information content (AvgIpc) is 3.08. The first-order valence-electron chi connectivity index (χ1n) is 8.35. The van der Waals surface area contributed by atoms with E-state index in [1.54, 1.807) is 0 Å². The van der Waals surface area contributed by atoms with Crippen molar-refractivity contribution in [2.24, 2.45) is 0 Å². The van der Waals surface area contributed by atoms with Gasteiger partial charge in [-0.2, -0.15) is 13.2 Å². The second-order valence-electron chi connectivity index (χ2n) is 6.29. The molecule has 1 saturated heterocycles. The fourth-order valence-corrected chi connectivity index (χ4v) is 5.39. The van der Waals surface area contributed by atoms with Gasteiger partial charge in [-0.1, -0.05) is 24.0 Å². The van der Waals surface area contributed by atoms with Crippen LogP contribution in [-0.4, -0.2) is 67.0 Å². The molecule has 33 heavy (non-hydrogen) atoms. The van der Waals surface area contributed by atoms with E-state index in [-0.39, 0.29) is 87.4 Å². The van der Waals surface area contributed by atoms with Crippen molar-refractivity contribution in [1.82, 2.24) is 20.4 Å². The van der Waals surface area contributed by atoms with E-state index in [2.05, 4.69) is 27.7 Å². The van der Waals surface area contributed by atoms with Gasteiger partial charge < -0.3 is 29.5 Å². The Hall–Kier alpha value is -0.330. The third kappa shape index (κ3) is 7.83. The first kappa shape index (κ1) is 30.7. The van der Waals surface area contributed by atoms with Crippen LogP contribution in [0.4, 0.5) is 13.2 Å². The van der Waals surface area contributed by atoms with Crippen LogP contribution < -0.4 is 74.6 Å². The van der Waals surface area contributed by atoms with Gasteiger partial charge in [0, 0.05) is 11.5 Å². The Morgan fingerprint density at radius 2 is 1.97 bits per heavy atom. The number of β-lactam (4-membered cyclic amide) rings is 1. The molecular formula is C15H11F3N4Na2O6S3. The Kier molecular flexibility index (Phi) is 11.7. The summed E-state index contributed by atoms with van der Waals surface area (Å²) in [5.41, 5.74) is -0.0777. The summed E-state index contributed by atoms with van der Waals surface area (Å²) < 4.78 is 42.4. The van der Waals surface area contributed by atoms with Gasteiger partial charge in [-0.05, 0) is 5.57 Å². The van der Waals surface area contributed by atoms with Crippen LogP contribution in [0.15, 0.2) is 20.9 Å². The van der Waals surface area contributed by atoms with Crippen LogP contribution >= 0.6 is 35.7 Å². The van der Waals surface area contributed by atoms with E-state index in [1.165, 1.54) is 0 Å². The Labute approximate surface area is 242 Å². The normalized spacial score (nSPS) is 19.6. The number of aromatic nitrogens is 2. The second kappa shape index (κ2) is 12.6. The number of hydrogen-bond acceptors (Lipinski definition) is 11. The monoisotopic (exact) mass is 542 g/mol. The predicted octanol–water partition coefficient (Wildman–Crippen LogP) is -7.38. The number of fused-ring (bicyclic) bond motifs is 1.